The fraction of sp³-hybridized carbons (Fsp3) is 0.400. The molecule has 0 bridgehead atoms. The summed E-state index contributed by atoms with van der Waals surface area (Å²) >= 11 is 0. The fourth-order valence-electron chi connectivity index (χ4n) is 3.11. The summed E-state index contributed by atoms with van der Waals surface area (Å²) in [5.41, 5.74) is 3.46. The Balaban J connectivity index is 1.62. The lowest BCUT2D eigenvalue weighted by Crippen LogP contribution is -2.00. The zero-order chi connectivity index (χ0) is 16.1. The summed E-state index contributed by atoms with van der Waals surface area (Å²) in [6.45, 7) is 2.19. The first-order valence-electron chi connectivity index (χ1n) is 8.64. The largest absolute Gasteiger partial charge is 0.354 e. The van der Waals surface area contributed by atoms with E-state index < -0.39 is 0 Å². The maximum absolute atomic E-state index is 12.0. The lowest BCUT2D eigenvalue weighted by Gasteiger charge is -2.02. The van der Waals surface area contributed by atoms with Crippen molar-refractivity contribution in [1.82, 2.24) is 9.97 Å². The predicted molar refractivity (Wildman–Crippen MR) is 95.7 cm³/mol. The van der Waals surface area contributed by atoms with E-state index in [1.54, 1.807) is 6.20 Å². The first kappa shape index (κ1) is 15.7. The number of ketones is 1. The van der Waals surface area contributed by atoms with E-state index in [0.29, 0.717) is 12.2 Å². The molecule has 3 nitrogen and oxygen atoms in total. The summed E-state index contributed by atoms with van der Waals surface area (Å²) in [5, 5.41) is 2.35. The molecule has 1 N–H and O–H groups in total. The summed E-state index contributed by atoms with van der Waals surface area (Å²) in [5.74, 6) is 0.391. The number of Topliss-reactive ketones (excluding diaryl/α,β-unsaturated/α-hetero) is 1. The molecule has 0 amide bonds. The minimum Gasteiger partial charge on any atom is -0.354 e. The number of fused-ring (bicyclic) bond motifs is 3. The number of aromatic nitrogens is 2. The Hall–Kier alpha value is -2.16. The third kappa shape index (κ3) is 3.79. The molecule has 3 rings (SSSR count). The van der Waals surface area contributed by atoms with Crippen molar-refractivity contribution >= 4 is 27.6 Å². The van der Waals surface area contributed by atoms with E-state index in [4.69, 9.17) is 0 Å². The molecule has 3 heteroatoms. The number of unbranched alkanes of at least 4 members (excludes halogenated alkanes) is 3. The molecule has 0 unspecified atom stereocenters. The molecule has 0 aliphatic carbocycles. The smallest absolute Gasteiger partial charge is 0.133 e. The number of H-pyrrole nitrogens is 1. The van der Waals surface area contributed by atoms with Crippen LogP contribution in [0.2, 0.25) is 0 Å². The molecule has 0 saturated heterocycles. The van der Waals surface area contributed by atoms with Gasteiger partial charge in [0, 0.05) is 47.0 Å². The van der Waals surface area contributed by atoms with Crippen molar-refractivity contribution in [3.63, 3.8) is 0 Å². The number of nitrogens with zero attached hydrogens (tertiary/aromatic N) is 1. The van der Waals surface area contributed by atoms with E-state index in [2.05, 4.69) is 35.1 Å². The van der Waals surface area contributed by atoms with Gasteiger partial charge in [-0.2, -0.15) is 0 Å². The zero-order valence-corrected chi connectivity index (χ0v) is 13.8. The summed E-state index contributed by atoms with van der Waals surface area (Å²) in [4.78, 5) is 19.6. The molecule has 3 aromatic rings. The van der Waals surface area contributed by atoms with Gasteiger partial charge in [-0.05, 0) is 30.5 Å². The Kier molecular flexibility index (Phi) is 5.06. The van der Waals surface area contributed by atoms with E-state index in [1.165, 1.54) is 30.2 Å². The molecule has 0 aliphatic heterocycles. The van der Waals surface area contributed by atoms with Crippen LogP contribution in [-0.4, -0.2) is 15.8 Å². The third-order valence-corrected chi connectivity index (χ3v) is 4.47. The van der Waals surface area contributed by atoms with Crippen LogP contribution in [0, 0.1) is 0 Å². The number of aryl methyl sites for hydroxylation is 1. The zero-order valence-electron chi connectivity index (χ0n) is 13.8. The minimum atomic E-state index is 0.391. The van der Waals surface area contributed by atoms with Gasteiger partial charge in [-0.15, -0.1) is 0 Å². The van der Waals surface area contributed by atoms with E-state index in [9.17, 15) is 4.79 Å². The molecule has 120 valence electrons. The van der Waals surface area contributed by atoms with Crippen molar-refractivity contribution < 1.29 is 4.79 Å². The number of benzene rings is 1. The van der Waals surface area contributed by atoms with Crippen molar-refractivity contribution in [2.75, 3.05) is 0 Å². The van der Waals surface area contributed by atoms with Crippen molar-refractivity contribution in [2.24, 2.45) is 0 Å². The van der Waals surface area contributed by atoms with Crippen molar-refractivity contribution in [1.29, 1.82) is 0 Å². The monoisotopic (exact) mass is 308 g/mol. The molecule has 0 saturated carbocycles. The molecule has 0 aliphatic rings. The lowest BCUT2D eigenvalue weighted by atomic mass is 10.0. The second-order valence-electron chi connectivity index (χ2n) is 6.28. The number of hydrogen-bond acceptors (Lipinski definition) is 2. The topological polar surface area (TPSA) is 45.8 Å². The molecule has 1 aromatic carbocycles. The molecular weight excluding hydrogens is 284 g/mol. The van der Waals surface area contributed by atoms with Gasteiger partial charge in [-0.3, -0.25) is 9.78 Å². The van der Waals surface area contributed by atoms with Gasteiger partial charge in [0.05, 0.1) is 0 Å². The molecule has 2 heterocycles. The SMILES string of the molecule is CCCCCCC(=O)CCc1ccc2c(c1)[nH]c1ccncc12. The van der Waals surface area contributed by atoms with Crippen molar-refractivity contribution in [3.05, 3.63) is 42.2 Å². The average Bonchev–Trinajstić information content (AvgIpc) is 2.94. The minimum absolute atomic E-state index is 0.391. The Bertz CT molecular complexity index is 804. The second kappa shape index (κ2) is 7.40. The van der Waals surface area contributed by atoms with Gasteiger partial charge in [-0.1, -0.05) is 38.3 Å². The van der Waals surface area contributed by atoms with Gasteiger partial charge in [0.15, 0.2) is 0 Å². The number of carbonyl (C=O) groups excluding carboxylic acids is 1. The van der Waals surface area contributed by atoms with Gasteiger partial charge in [0.25, 0.3) is 0 Å². The summed E-state index contributed by atoms with van der Waals surface area (Å²) < 4.78 is 0. The Morgan fingerprint density at radius 3 is 2.83 bits per heavy atom. The predicted octanol–water partition coefficient (Wildman–Crippen LogP) is 5.19. The Morgan fingerprint density at radius 1 is 1.04 bits per heavy atom. The van der Waals surface area contributed by atoms with Crippen molar-refractivity contribution in [2.45, 2.75) is 51.9 Å². The normalized spacial score (nSPS) is 11.3. The number of nitrogens with one attached hydrogen (secondary N) is 1. The van der Waals surface area contributed by atoms with Crippen LogP contribution in [-0.2, 0) is 11.2 Å². The van der Waals surface area contributed by atoms with Crippen molar-refractivity contribution in [3.8, 4) is 0 Å². The number of aromatic amines is 1. The third-order valence-electron chi connectivity index (χ3n) is 4.47. The van der Waals surface area contributed by atoms with Crippen LogP contribution in [0.15, 0.2) is 36.7 Å². The van der Waals surface area contributed by atoms with E-state index in [-0.39, 0.29) is 0 Å². The van der Waals surface area contributed by atoms with Gasteiger partial charge < -0.3 is 4.98 Å². The summed E-state index contributed by atoms with van der Waals surface area (Å²) in [7, 11) is 0. The molecule has 0 spiro atoms. The first-order chi connectivity index (χ1) is 11.3. The number of rotatable bonds is 8. The first-order valence-corrected chi connectivity index (χ1v) is 8.64. The van der Waals surface area contributed by atoms with E-state index >= 15 is 0 Å². The average molecular weight is 308 g/mol. The standard InChI is InChI=1S/C20H24N2O/c1-2-3-4-5-6-16(23)9-7-15-8-10-17-18-14-21-12-11-19(18)22-20(17)13-15/h8,10-14,22H,2-7,9H2,1H3. The highest BCUT2D eigenvalue weighted by molar-refractivity contribution is 6.06. The van der Waals surface area contributed by atoms with Crippen LogP contribution in [0.25, 0.3) is 21.8 Å². The Morgan fingerprint density at radius 2 is 1.96 bits per heavy atom. The fourth-order valence-corrected chi connectivity index (χ4v) is 3.11. The van der Waals surface area contributed by atoms with Crippen LogP contribution < -0.4 is 0 Å². The van der Waals surface area contributed by atoms with E-state index in [1.807, 2.05) is 12.3 Å². The molecular formula is C20H24N2O. The van der Waals surface area contributed by atoms with Crippen LogP contribution in [0.1, 0.15) is 51.0 Å². The maximum atomic E-state index is 12.0. The number of hydrogen-bond donors (Lipinski definition) is 1. The Labute approximate surface area is 137 Å². The molecule has 0 fully saturated rings. The molecule has 0 radical (unpaired) electrons. The van der Waals surface area contributed by atoms with Crippen LogP contribution in [0.3, 0.4) is 0 Å². The second-order valence-corrected chi connectivity index (χ2v) is 6.28. The number of pyridine rings is 1. The van der Waals surface area contributed by atoms with Crippen LogP contribution in [0.4, 0.5) is 0 Å². The van der Waals surface area contributed by atoms with Gasteiger partial charge >= 0.3 is 0 Å². The van der Waals surface area contributed by atoms with E-state index in [0.717, 1.165) is 35.7 Å². The highest BCUT2D eigenvalue weighted by Gasteiger charge is 2.07. The van der Waals surface area contributed by atoms with Gasteiger partial charge in [0.1, 0.15) is 5.78 Å². The maximum Gasteiger partial charge on any atom is 0.133 e. The summed E-state index contributed by atoms with van der Waals surface area (Å²) in [6.07, 6.45) is 10.6. The van der Waals surface area contributed by atoms with Gasteiger partial charge in [0.2, 0.25) is 0 Å². The van der Waals surface area contributed by atoms with Gasteiger partial charge in [-0.25, -0.2) is 0 Å². The van der Waals surface area contributed by atoms with Crippen LogP contribution in [0.5, 0.6) is 0 Å². The quantitative estimate of drug-likeness (QED) is 0.582. The number of carbonyl (C=O) groups is 1. The summed E-state index contributed by atoms with van der Waals surface area (Å²) in [6, 6.07) is 8.43. The molecule has 23 heavy (non-hydrogen) atoms. The molecule has 0 atom stereocenters. The lowest BCUT2D eigenvalue weighted by molar-refractivity contribution is -0.119. The highest BCUT2D eigenvalue weighted by Crippen LogP contribution is 2.25. The highest BCUT2D eigenvalue weighted by atomic mass is 16.1. The van der Waals surface area contributed by atoms with Crippen LogP contribution >= 0.6 is 0 Å². The molecule has 2 aromatic heterocycles.